The van der Waals surface area contributed by atoms with Crippen molar-refractivity contribution >= 4 is 35.6 Å². The number of halogens is 1. The van der Waals surface area contributed by atoms with Gasteiger partial charge in [-0.3, -0.25) is 4.99 Å². The SMILES string of the molecule is CN=C(NCCCOC1CCCC1)NC1CCN(c2ccccc2OC)C1.I. The molecule has 2 aliphatic rings. The Morgan fingerprint density at radius 2 is 2.00 bits per heavy atom. The summed E-state index contributed by atoms with van der Waals surface area (Å²) in [6, 6.07) is 8.60. The van der Waals surface area contributed by atoms with Crippen LogP contribution in [0.25, 0.3) is 0 Å². The Labute approximate surface area is 186 Å². The fourth-order valence-electron chi connectivity index (χ4n) is 3.96. The number of ether oxygens (including phenoxy) is 2. The summed E-state index contributed by atoms with van der Waals surface area (Å²) in [6.45, 7) is 3.69. The zero-order valence-corrected chi connectivity index (χ0v) is 19.5. The molecule has 0 radical (unpaired) electrons. The molecule has 6 nitrogen and oxygen atoms in total. The van der Waals surface area contributed by atoms with Gasteiger partial charge in [0.05, 0.1) is 18.9 Å². The number of aliphatic imine (C=N–C) groups is 1. The standard InChI is InChI=1S/C21H34N4O2.HI/c1-22-21(23-13-7-15-27-18-8-3-4-9-18)24-17-12-14-25(16-17)19-10-5-6-11-20(19)26-2;/h5-6,10-11,17-18H,3-4,7-9,12-16H2,1-2H3,(H2,22,23,24);1H. The van der Waals surface area contributed by atoms with Gasteiger partial charge in [-0.25, -0.2) is 0 Å². The molecule has 1 saturated carbocycles. The second-order valence-electron chi connectivity index (χ2n) is 7.38. The van der Waals surface area contributed by atoms with Crippen LogP contribution in [0.3, 0.4) is 0 Å². The molecule has 1 heterocycles. The number of methoxy groups -OCH3 is 1. The summed E-state index contributed by atoms with van der Waals surface area (Å²) in [6.07, 6.45) is 7.72. The van der Waals surface area contributed by atoms with Gasteiger partial charge in [0.15, 0.2) is 5.96 Å². The van der Waals surface area contributed by atoms with E-state index in [1.807, 2.05) is 19.2 Å². The van der Waals surface area contributed by atoms with Crippen molar-refractivity contribution in [2.75, 3.05) is 45.3 Å². The van der Waals surface area contributed by atoms with E-state index in [0.29, 0.717) is 12.1 Å². The maximum atomic E-state index is 5.92. The quantitative estimate of drug-likeness (QED) is 0.247. The first-order valence-electron chi connectivity index (χ1n) is 10.3. The lowest BCUT2D eigenvalue weighted by Gasteiger charge is -2.22. The number of hydrogen-bond acceptors (Lipinski definition) is 4. The summed E-state index contributed by atoms with van der Waals surface area (Å²) < 4.78 is 11.4. The van der Waals surface area contributed by atoms with E-state index in [0.717, 1.165) is 56.5 Å². The fraction of sp³-hybridized carbons (Fsp3) is 0.667. The van der Waals surface area contributed by atoms with Gasteiger partial charge >= 0.3 is 0 Å². The average Bonchev–Trinajstić information content (AvgIpc) is 3.38. The zero-order valence-electron chi connectivity index (χ0n) is 17.2. The normalized spacial score (nSPS) is 20.1. The summed E-state index contributed by atoms with van der Waals surface area (Å²) >= 11 is 0. The molecule has 7 heteroatoms. The van der Waals surface area contributed by atoms with Crippen LogP contribution in [0.15, 0.2) is 29.3 Å². The maximum absolute atomic E-state index is 5.92. The number of guanidine groups is 1. The van der Waals surface area contributed by atoms with Crippen molar-refractivity contribution in [2.24, 2.45) is 4.99 Å². The molecular formula is C21H35IN4O2. The molecule has 3 rings (SSSR count). The fourth-order valence-corrected chi connectivity index (χ4v) is 3.96. The largest absolute Gasteiger partial charge is 0.495 e. The molecule has 2 N–H and O–H groups in total. The third-order valence-corrected chi connectivity index (χ3v) is 5.45. The third-order valence-electron chi connectivity index (χ3n) is 5.45. The van der Waals surface area contributed by atoms with Gasteiger partial charge in [0.2, 0.25) is 0 Å². The maximum Gasteiger partial charge on any atom is 0.191 e. The average molecular weight is 502 g/mol. The molecule has 0 bridgehead atoms. The Balaban J connectivity index is 0.00000280. The zero-order chi connectivity index (χ0) is 18.9. The highest BCUT2D eigenvalue weighted by molar-refractivity contribution is 14.0. The second kappa shape index (κ2) is 12.4. The first-order valence-corrected chi connectivity index (χ1v) is 10.3. The van der Waals surface area contributed by atoms with Gasteiger partial charge in [-0.05, 0) is 37.8 Å². The van der Waals surface area contributed by atoms with Gasteiger partial charge in [0, 0.05) is 39.3 Å². The second-order valence-corrected chi connectivity index (χ2v) is 7.38. The van der Waals surface area contributed by atoms with Crippen molar-refractivity contribution in [1.29, 1.82) is 0 Å². The molecule has 1 saturated heterocycles. The molecule has 1 atom stereocenters. The molecule has 0 spiro atoms. The van der Waals surface area contributed by atoms with Crippen LogP contribution in [-0.4, -0.2) is 58.5 Å². The van der Waals surface area contributed by atoms with Crippen LogP contribution in [0.2, 0.25) is 0 Å². The van der Waals surface area contributed by atoms with E-state index in [1.54, 1.807) is 7.11 Å². The van der Waals surface area contributed by atoms with Crippen LogP contribution in [0, 0.1) is 0 Å². The van der Waals surface area contributed by atoms with Gasteiger partial charge < -0.3 is 25.0 Å². The molecular weight excluding hydrogens is 467 g/mol. The van der Waals surface area contributed by atoms with E-state index in [2.05, 4.69) is 32.7 Å². The molecule has 1 aromatic rings. The van der Waals surface area contributed by atoms with E-state index in [9.17, 15) is 0 Å². The number of benzene rings is 1. The molecule has 0 aromatic heterocycles. The predicted octanol–water partition coefficient (Wildman–Crippen LogP) is 3.41. The third kappa shape index (κ3) is 6.69. The first-order chi connectivity index (χ1) is 13.3. The first kappa shape index (κ1) is 23.1. The van der Waals surface area contributed by atoms with Crippen LogP contribution in [0.5, 0.6) is 5.75 Å². The van der Waals surface area contributed by atoms with Gasteiger partial charge in [0.25, 0.3) is 0 Å². The van der Waals surface area contributed by atoms with Crippen molar-refractivity contribution in [1.82, 2.24) is 10.6 Å². The van der Waals surface area contributed by atoms with Gasteiger partial charge in [-0.1, -0.05) is 25.0 Å². The van der Waals surface area contributed by atoms with E-state index < -0.39 is 0 Å². The topological polar surface area (TPSA) is 58.1 Å². The monoisotopic (exact) mass is 502 g/mol. The van der Waals surface area contributed by atoms with Gasteiger partial charge in [0.1, 0.15) is 5.75 Å². The minimum atomic E-state index is 0. The van der Waals surface area contributed by atoms with Crippen molar-refractivity contribution in [3.8, 4) is 5.75 Å². The van der Waals surface area contributed by atoms with Crippen LogP contribution in [0.1, 0.15) is 38.5 Å². The molecule has 1 unspecified atom stereocenters. The molecule has 0 amide bonds. The number of nitrogens with zero attached hydrogens (tertiary/aromatic N) is 2. The van der Waals surface area contributed by atoms with Gasteiger partial charge in [-0.15, -0.1) is 24.0 Å². The lowest BCUT2D eigenvalue weighted by atomic mass is 10.2. The molecule has 1 aliphatic heterocycles. The number of hydrogen-bond donors (Lipinski definition) is 2. The number of nitrogens with one attached hydrogen (secondary N) is 2. The number of rotatable bonds is 8. The van der Waals surface area contributed by atoms with Crippen LogP contribution in [-0.2, 0) is 4.74 Å². The molecule has 158 valence electrons. The smallest absolute Gasteiger partial charge is 0.191 e. The van der Waals surface area contributed by atoms with E-state index in [1.165, 1.54) is 25.7 Å². The summed E-state index contributed by atoms with van der Waals surface area (Å²) in [4.78, 5) is 6.74. The Bertz CT molecular complexity index is 608. The summed E-state index contributed by atoms with van der Waals surface area (Å²) in [5, 5.41) is 6.96. The van der Waals surface area contributed by atoms with Crippen LogP contribution >= 0.6 is 24.0 Å². The molecule has 1 aliphatic carbocycles. The van der Waals surface area contributed by atoms with Crippen molar-refractivity contribution in [3.63, 3.8) is 0 Å². The highest BCUT2D eigenvalue weighted by atomic mass is 127. The summed E-state index contributed by atoms with van der Waals surface area (Å²) in [5.74, 6) is 1.81. The number of anilines is 1. The Hall–Kier alpha value is -1.22. The highest BCUT2D eigenvalue weighted by Crippen LogP contribution is 2.30. The van der Waals surface area contributed by atoms with Crippen LogP contribution < -0.4 is 20.3 Å². The molecule has 1 aromatic carbocycles. The minimum absolute atomic E-state index is 0. The lowest BCUT2D eigenvalue weighted by molar-refractivity contribution is 0.0574. The Morgan fingerprint density at radius 3 is 2.75 bits per heavy atom. The van der Waals surface area contributed by atoms with Crippen molar-refractivity contribution < 1.29 is 9.47 Å². The predicted molar refractivity (Wildman–Crippen MR) is 126 cm³/mol. The number of para-hydroxylation sites is 2. The van der Waals surface area contributed by atoms with Crippen molar-refractivity contribution in [3.05, 3.63) is 24.3 Å². The molecule has 2 fully saturated rings. The minimum Gasteiger partial charge on any atom is -0.495 e. The van der Waals surface area contributed by atoms with E-state index in [4.69, 9.17) is 9.47 Å². The highest BCUT2D eigenvalue weighted by Gasteiger charge is 2.25. The lowest BCUT2D eigenvalue weighted by Crippen LogP contribution is -2.45. The van der Waals surface area contributed by atoms with E-state index in [-0.39, 0.29) is 24.0 Å². The Kier molecular flexibility index (Phi) is 10.2. The van der Waals surface area contributed by atoms with Crippen molar-refractivity contribution in [2.45, 2.75) is 50.7 Å². The summed E-state index contributed by atoms with van der Waals surface area (Å²) in [5.41, 5.74) is 1.16. The van der Waals surface area contributed by atoms with Gasteiger partial charge in [-0.2, -0.15) is 0 Å². The van der Waals surface area contributed by atoms with Crippen LogP contribution in [0.4, 0.5) is 5.69 Å². The summed E-state index contributed by atoms with van der Waals surface area (Å²) in [7, 11) is 3.56. The van der Waals surface area contributed by atoms with E-state index >= 15 is 0 Å². The molecule has 28 heavy (non-hydrogen) atoms. The Morgan fingerprint density at radius 1 is 1.21 bits per heavy atom.